The lowest BCUT2D eigenvalue weighted by Gasteiger charge is -2.26. The van der Waals surface area contributed by atoms with Crippen LogP contribution in [-0.4, -0.2) is 24.6 Å². The molecule has 0 aliphatic heterocycles. The van der Waals surface area contributed by atoms with Gasteiger partial charge >= 0.3 is 0 Å². The van der Waals surface area contributed by atoms with Crippen LogP contribution >= 0.6 is 11.8 Å². The summed E-state index contributed by atoms with van der Waals surface area (Å²) in [6.07, 6.45) is 12.2. The van der Waals surface area contributed by atoms with Gasteiger partial charge in [-0.2, -0.15) is 11.8 Å². The van der Waals surface area contributed by atoms with Crippen LogP contribution in [0.2, 0.25) is 0 Å². The Bertz CT molecular complexity index is 133. The van der Waals surface area contributed by atoms with Gasteiger partial charge in [0.15, 0.2) is 0 Å². The second-order valence-electron chi connectivity index (χ2n) is 4.74. The predicted octanol–water partition coefficient (Wildman–Crippen LogP) is 3.69. The summed E-state index contributed by atoms with van der Waals surface area (Å²) in [4.78, 5) is 0. The summed E-state index contributed by atoms with van der Waals surface area (Å²) < 4.78 is 0. The van der Waals surface area contributed by atoms with Crippen molar-refractivity contribution in [3.63, 3.8) is 0 Å². The van der Waals surface area contributed by atoms with Crippen molar-refractivity contribution in [3.05, 3.63) is 0 Å². The Kier molecular flexibility index (Phi) is 7.54. The Morgan fingerprint density at radius 1 is 1.20 bits per heavy atom. The molecule has 0 aromatic heterocycles. The summed E-state index contributed by atoms with van der Waals surface area (Å²) in [7, 11) is 0. The smallest absolute Gasteiger partial charge is 0.00956 e. The minimum absolute atomic E-state index is 0.819. The van der Waals surface area contributed by atoms with Crippen molar-refractivity contribution in [1.82, 2.24) is 5.32 Å². The summed E-state index contributed by atoms with van der Waals surface area (Å²) in [5, 5.41) is 3.76. The van der Waals surface area contributed by atoms with Gasteiger partial charge in [-0.15, -0.1) is 0 Å². The van der Waals surface area contributed by atoms with Crippen molar-refractivity contribution in [2.24, 2.45) is 5.92 Å². The molecule has 1 rings (SSSR count). The second kappa shape index (κ2) is 8.46. The zero-order chi connectivity index (χ0) is 10.9. The van der Waals surface area contributed by atoms with Gasteiger partial charge in [-0.1, -0.05) is 26.2 Å². The van der Waals surface area contributed by atoms with E-state index in [9.17, 15) is 0 Å². The second-order valence-corrected chi connectivity index (χ2v) is 5.73. The van der Waals surface area contributed by atoms with Crippen molar-refractivity contribution in [3.8, 4) is 0 Å². The third-order valence-electron chi connectivity index (χ3n) is 3.51. The lowest BCUT2D eigenvalue weighted by atomic mass is 9.92. The SMILES string of the molecule is CCCNC1CCCCCC1CCSC. The standard InChI is InChI=1S/C13H27NS/c1-3-10-14-13-8-6-4-5-7-12(13)9-11-15-2/h12-14H,3-11H2,1-2H3. The number of thioether (sulfide) groups is 1. The average molecular weight is 229 g/mol. The van der Waals surface area contributed by atoms with E-state index in [1.165, 1.54) is 57.2 Å². The van der Waals surface area contributed by atoms with Gasteiger partial charge in [-0.25, -0.2) is 0 Å². The minimum atomic E-state index is 0.819. The molecule has 2 unspecified atom stereocenters. The van der Waals surface area contributed by atoms with E-state index in [1.807, 2.05) is 11.8 Å². The Labute approximate surface area is 99.8 Å². The van der Waals surface area contributed by atoms with Gasteiger partial charge in [-0.05, 0) is 50.2 Å². The minimum Gasteiger partial charge on any atom is -0.314 e. The average Bonchev–Trinajstić information content (AvgIpc) is 2.48. The molecule has 0 aromatic carbocycles. The molecule has 1 nitrogen and oxygen atoms in total. The van der Waals surface area contributed by atoms with Crippen LogP contribution in [0.25, 0.3) is 0 Å². The molecule has 1 fully saturated rings. The van der Waals surface area contributed by atoms with Gasteiger partial charge in [0.2, 0.25) is 0 Å². The molecule has 0 spiro atoms. The monoisotopic (exact) mass is 229 g/mol. The molecule has 2 heteroatoms. The molecule has 15 heavy (non-hydrogen) atoms. The maximum atomic E-state index is 3.76. The Balaban J connectivity index is 2.35. The van der Waals surface area contributed by atoms with Crippen LogP contribution in [0.3, 0.4) is 0 Å². The topological polar surface area (TPSA) is 12.0 Å². The van der Waals surface area contributed by atoms with Gasteiger partial charge < -0.3 is 5.32 Å². The van der Waals surface area contributed by atoms with Crippen LogP contribution in [0.1, 0.15) is 51.9 Å². The predicted molar refractivity (Wildman–Crippen MR) is 71.7 cm³/mol. The first-order valence-electron chi connectivity index (χ1n) is 6.60. The maximum absolute atomic E-state index is 3.76. The van der Waals surface area contributed by atoms with Crippen molar-refractivity contribution >= 4 is 11.8 Å². The fraction of sp³-hybridized carbons (Fsp3) is 1.00. The third-order valence-corrected chi connectivity index (χ3v) is 4.15. The summed E-state index contributed by atoms with van der Waals surface area (Å²) in [6.45, 7) is 3.47. The highest BCUT2D eigenvalue weighted by Crippen LogP contribution is 2.27. The van der Waals surface area contributed by atoms with Gasteiger partial charge in [0, 0.05) is 6.04 Å². The maximum Gasteiger partial charge on any atom is 0.00956 e. The summed E-state index contributed by atoms with van der Waals surface area (Å²) in [5.41, 5.74) is 0. The van der Waals surface area contributed by atoms with E-state index in [0.717, 1.165) is 12.0 Å². The molecule has 0 aromatic rings. The van der Waals surface area contributed by atoms with E-state index >= 15 is 0 Å². The first kappa shape index (κ1) is 13.4. The van der Waals surface area contributed by atoms with Crippen LogP contribution in [0.15, 0.2) is 0 Å². The summed E-state index contributed by atoms with van der Waals surface area (Å²) in [6, 6.07) is 0.819. The Morgan fingerprint density at radius 2 is 2.00 bits per heavy atom. The van der Waals surface area contributed by atoms with E-state index in [0.29, 0.717) is 0 Å². The quantitative estimate of drug-likeness (QED) is 0.697. The number of rotatable bonds is 6. The molecule has 2 atom stereocenters. The fourth-order valence-electron chi connectivity index (χ4n) is 2.60. The van der Waals surface area contributed by atoms with E-state index in [2.05, 4.69) is 18.5 Å². The van der Waals surface area contributed by atoms with E-state index in [4.69, 9.17) is 0 Å². The van der Waals surface area contributed by atoms with Gasteiger partial charge in [0.25, 0.3) is 0 Å². The zero-order valence-corrected chi connectivity index (χ0v) is 11.2. The molecule has 0 amide bonds. The highest BCUT2D eigenvalue weighted by Gasteiger charge is 2.22. The van der Waals surface area contributed by atoms with Crippen LogP contribution in [0.5, 0.6) is 0 Å². The summed E-state index contributed by atoms with van der Waals surface area (Å²) >= 11 is 2.00. The number of hydrogen-bond acceptors (Lipinski definition) is 2. The summed E-state index contributed by atoms with van der Waals surface area (Å²) in [5.74, 6) is 2.29. The Morgan fingerprint density at radius 3 is 2.73 bits per heavy atom. The normalized spacial score (nSPS) is 27.6. The van der Waals surface area contributed by atoms with Crippen LogP contribution in [0.4, 0.5) is 0 Å². The molecular formula is C13H27NS. The lowest BCUT2D eigenvalue weighted by Crippen LogP contribution is -2.36. The molecule has 0 heterocycles. The van der Waals surface area contributed by atoms with E-state index in [-0.39, 0.29) is 0 Å². The molecular weight excluding hydrogens is 202 g/mol. The zero-order valence-electron chi connectivity index (χ0n) is 10.4. The van der Waals surface area contributed by atoms with Crippen LogP contribution < -0.4 is 5.32 Å². The molecule has 1 saturated carbocycles. The molecule has 0 radical (unpaired) electrons. The number of hydrogen-bond donors (Lipinski definition) is 1. The highest BCUT2D eigenvalue weighted by atomic mass is 32.2. The molecule has 1 aliphatic rings. The van der Waals surface area contributed by atoms with Crippen molar-refractivity contribution in [2.75, 3.05) is 18.6 Å². The molecule has 0 bridgehead atoms. The van der Waals surface area contributed by atoms with Gasteiger partial charge in [0.05, 0.1) is 0 Å². The van der Waals surface area contributed by atoms with Crippen molar-refractivity contribution < 1.29 is 0 Å². The number of nitrogens with one attached hydrogen (secondary N) is 1. The van der Waals surface area contributed by atoms with E-state index in [1.54, 1.807) is 0 Å². The van der Waals surface area contributed by atoms with Crippen molar-refractivity contribution in [2.45, 2.75) is 57.9 Å². The largest absolute Gasteiger partial charge is 0.314 e. The van der Waals surface area contributed by atoms with Crippen LogP contribution in [-0.2, 0) is 0 Å². The Hall–Kier alpha value is 0.310. The third kappa shape index (κ3) is 5.26. The van der Waals surface area contributed by atoms with Crippen molar-refractivity contribution in [1.29, 1.82) is 0 Å². The van der Waals surface area contributed by atoms with Crippen LogP contribution in [0, 0.1) is 5.92 Å². The van der Waals surface area contributed by atoms with Gasteiger partial charge in [-0.3, -0.25) is 0 Å². The molecule has 90 valence electrons. The molecule has 0 saturated heterocycles. The highest BCUT2D eigenvalue weighted by molar-refractivity contribution is 7.98. The fourth-order valence-corrected chi connectivity index (χ4v) is 3.14. The lowest BCUT2D eigenvalue weighted by molar-refractivity contribution is 0.328. The first-order chi connectivity index (χ1) is 7.38. The molecule has 1 aliphatic carbocycles. The molecule has 1 N–H and O–H groups in total. The van der Waals surface area contributed by atoms with Gasteiger partial charge in [0.1, 0.15) is 0 Å². The first-order valence-corrected chi connectivity index (χ1v) is 8.00. The van der Waals surface area contributed by atoms with E-state index < -0.39 is 0 Å².